The number of carbonyl (C=O) groups is 1. The molecule has 0 saturated heterocycles. The number of hydrogen-bond acceptors (Lipinski definition) is 5. The Labute approximate surface area is 128 Å². The molecule has 114 valence electrons. The van der Waals surface area contributed by atoms with Gasteiger partial charge in [-0.3, -0.25) is 9.78 Å². The topological polar surface area (TPSA) is 72.8 Å². The number of pyridine rings is 1. The molecule has 0 aliphatic heterocycles. The number of amides is 1. The third kappa shape index (κ3) is 3.60. The van der Waals surface area contributed by atoms with Gasteiger partial charge in [-0.2, -0.15) is 5.10 Å². The molecule has 1 amide bonds. The second kappa shape index (κ2) is 7.21. The van der Waals surface area contributed by atoms with Gasteiger partial charge in [-0.1, -0.05) is 0 Å². The average molecular weight is 299 g/mol. The minimum Gasteiger partial charge on any atom is -0.493 e. The van der Waals surface area contributed by atoms with E-state index in [4.69, 9.17) is 9.47 Å². The maximum Gasteiger partial charge on any atom is 0.272 e. The molecular formula is C16H17N3O3. The molecule has 22 heavy (non-hydrogen) atoms. The van der Waals surface area contributed by atoms with Crippen molar-refractivity contribution in [2.45, 2.75) is 6.92 Å². The van der Waals surface area contributed by atoms with Gasteiger partial charge in [0.1, 0.15) is 0 Å². The minimum absolute atomic E-state index is 0.312. The van der Waals surface area contributed by atoms with Crippen LogP contribution < -0.4 is 14.9 Å². The molecule has 0 bridgehead atoms. The predicted octanol–water partition coefficient (Wildman–Crippen LogP) is 2.25. The normalized spacial score (nSPS) is 11.0. The molecule has 6 nitrogen and oxygen atoms in total. The van der Waals surface area contributed by atoms with Crippen molar-refractivity contribution in [1.29, 1.82) is 0 Å². The largest absolute Gasteiger partial charge is 0.493 e. The summed E-state index contributed by atoms with van der Waals surface area (Å²) in [6.45, 7) is 1.80. The first-order valence-electron chi connectivity index (χ1n) is 6.62. The van der Waals surface area contributed by atoms with E-state index in [2.05, 4.69) is 15.5 Å². The highest BCUT2D eigenvalue weighted by Crippen LogP contribution is 2.27. The van der Waals surface area contributed by atoms with E-state index in [1.807, 2.05) is 6.07 Å². The van der Waals surface area contributed by atoms with Crippen LogP contribution in [0.2, 0.25) is 0 Å². The number of rotatable bonds is 5. The van der Waals surface area contributed by atoms with Crippen LogP contribution in [0.4, 0.5) is 0 Å². The highest BCUT2D eigenvalue weighted by Gasteiger charge is 2.08. The summed E-state index contributed by atoms with van der Waals surface area (Å²) in [6, 6.07) is 8.80. The molecule has 6 heteroatoms. The summed E-state index contributed by atoms with van der Waals surface area (Å²) in [5.41, 5.74) is 4.42. The number of nitrogens with zero attached hydrogens (tertiary/aromatic N) is 2. The Morgan fingerprint density at radius 2 is 1.91 bits per heavy atom. The Hall–Kier alpha value is -2.89. The molecule has 2 aromatic rings. The highest BCUT2D eigenvalue weighted by atomic mass is 16.5. The van der Waals surface area contributed by atoms with E-state index in [9.17, 15) is 4.79 Å². The molecule has 0 fully saturated rings. The smallest absolute Gasteiger partial charge is 0.272 e. The van der Waals surface area contributed by atoms with Gasteiger partial charge in [-0.25, -0.2) is 5.43 Å². The fourth-order valence-electron chi connectivity index (χ4n) is 1.82. The Bertz CT molecular complexity index is 684. The van der Waals surface area contributed by atoms with E-state index in [0.717, 1.165) is 5.56 Å². The van der Waals surface area contributed by atoms with Gasteiger partial charge in [0.2, 0.25) is 0 Å². The Morgan fingerprint density at radius 3 is 2.55 bits per heavy atom. The lowest BCUT2D eigenvalue weighted by Crippen LogP contribution is -2.19. The van der Waals surface area contributed by atoms with Crippen LogP contribution in [-0.4, -0.2) is 30.8 Å². The molecule has 0 aliphatic carbocycles. The number of benzene rings is 1. The van der Waals surface area contributed by atoms with Crippen molar-refractivity contribution in [2.24, 2.45) is 5.10 Å². The van der Waals surface area contributed by atoms with Gasteiger partial charge in [-0.05, 0) is 37.3 Å². The second-order valence-electron chi connectivity index (χ2n) is 4.45. The van der Waals surface area contributed by atoms with E-state index in [0.29, 0.717) is 22.8 Å². The molecule has 2 rings (SSSR count). The van der Waals surface area contributed by atoms with Crippen LogP contribution in [0.3, 0.4) is 0 Å². The molecule has 0 spiro atoms. The van der Waals surface area contributed by atoms with Gasteiger partial charge in [0.05, 0.1) is 25.5 Å². The Balaban J connectivity index is 2.14. The molecule has 1 aromatic carbocycles. The summed E-state index contributed by atoms with van der Waals surface area (Å²) in [5, 5.41) is 4.09. The molecular weight excluding hydrogens is 282 g/mol. The fourth-order valence-corrected chi connectivity index (χ4v) is 1.82. The van der Waals surface area contributed by atoms with Crippen molar-refractivity contribution in [3.05, 3.63) is 53.9 Å². The van der Waals surface area contributed by atoms with Crippen molar-refractivity contribution in [3.63, 3.8) is 0 Å². The molecule has 1 heterocycles. The summed E-state index contributed by atoms with van der Waals surface area (Å²) in [7, 11) is 3.14. The maximum absolute atomic E-state index is 11.9. The van der Waals surface area contributed by atoms with Crippen molar-refractivity contribution in [3.8, 4) is 11.5 Å². The first kappa shape index (κ1) is 15.5. The lowest BCUT2D eigenvalue weighted by molar-refractivity contribution is 0.0954. The fraction of sp³-hybridized carbons (Fsp3) is 0.188. The van der Waals surface area contributed by atoms with E-state index in [-0.39, 0.29) is 5.91 Å². The third-order valence-corrected chi connectivity index (χ3v) is 3.05. The molecule has 0 unspecified atom stereocenters. The van der Waals surface area contributed by atoms with Gasteiger partial charge in [0, 0.05) is 18.0 Å². The van der Waals surface area contributed by atoms with Crippen molar-refractivity contribution in [2.75, 3.05) is 14.2 Å². The van der Waals surface area contributed by atoms with Gasteiger partial charge in [0.15, 0.2) is 11.5 Å². The number of ether oxygens (including phenoxy) is 2. The van der Waals surface area contributed by atoms with E-state index >= 15 is 0 Å². The van der Waals surface area contributed by atoms with Crippen LogP contribution in [-0.2, 0) is 0 Å². The number of methoxy groups -OCH3 is 2. The van der Waals surface area contributed by atoms with Gasteiger partial charge in [-0.15, -0.1) is 0 Å². The van der Waals surface area contributed by atoms with Crippen LogP contribution in [0.1, 0.15) is 22.8 Å². The first-order valence-corrected chi connectivity index (χ1v) is 6.62. The van der Waals surface area contributed by atoms with Crippen LogP contribution in [0, 0.1) is 0 Å². The standard InChI is InChI=1S/C16H17N3O3/c1-11(12-6-7-14(21-2)15(9-12)22-3)18-19-16(20)13-5-4-8-17-10-13/h4-10H,1-3H3,(H,19,20)/b18-11+. The van der Waals surface area contributed by atoms with Crippen LogP contribution in [0.15, 0.2) is 47.8 Å². The van der Waals surface area contributed by atoms with Crippen molar-refractivity contribution < 1.29 is 14.3 Å². The summed E-state index contributed by atoms with van der Waals surface area (Å²) in [4.78, 5) is 15.8. The summed E-state index contributed by atoms with van der Waals surface area (Å²) < 4.78 is 10.4. The van der Waals surface area contributed by atoms with E-state index in [1.165, 1.54) is 6.20 Å². The van der Waals surface area contributed by atoms with Crippen molar-refractivity contribution in [1.82, 2.24) is 10.4 Å². The maximum atomic E-state index is 11.9. The highest BCUT2D eigenvalue weighted by molar-refractivity contribution is 6.01. The lowest BCUT2D eigenvalue weighted by atomic mass is 10.1. The van der Waals surface area contributed by atoms with E-state index in [1.54, 1.807) is 51.6 Å². The number of hydrogen-bond donors (Lipinski definition) is 1. The minimum atomic E-state index is -0.312. The molecule has 0 saturated carbocycles. The zero-order valence-electron chi connectivity index (χ0n) is 12.7. The Kier molecular flexibility index (Phi) is 5.08. The van der Waals surface area contributed by atoms with Crippen molar-refractivity contribution >= 4 is 11.6 Å². The van der Waals surface area contributed by atoms with Gasteiger partial charge < -0.3 is 9.47 Å². The monoisotopic (exact) mass is 299 g/mol. The average Bonchev–Trinajstić information content (AvgIpc) is 2.59. The lowest BCUT2D eigenvalue weighted by Gasteiger charge is -2.09. The molecule has 0 aliphatic rings. The van der Waals surface area contributed by atoms with Crippen LogP contribution >= 0.6 is 0 Å². The van der Waals surface area contributed by atoms with Gasteiger partial charge >= 0.3 is 0 Å². The first-order chi connectivity index (χ1) is 10.7. The third-order valence-electron chi connectivity index (χ3n) is 3.05. The predicted molar refractivity (Wildman–Crippen MR) is 83.5 cm³/mol. The number of aromatic nitrogens is 1. The molecule has 1 aromatic heterocycles. The van der Waals surface area contributed by atoms with Crippen LogP contribution in [0.25, 0.3) is 0 Å². The summed E-state index contributed by atoms with van der Waals surface area (Å²) in [6.07, 6.45) is 3.09. The number of nitrogens with one attached hydrogen (secondary N) is 1. The van der Waals surface area contributed by atoms with Crippen LogP contribution in [0.5, 0.6) is 11.5 Å². The Morgan fingerprint density at radius 1 is 1.14 bits per heavy atom. The molecule has 1 N–H and O–H groups in total. The quantitative estimate of drug-likeness (QED) is 0.679. The van der Waals surface area contributed by atoms with E-state index < -0.39 is 0 Å². The zero-order chi connectivity index (χ0) is 15.9. The SMILES string of the molecule is COc1ccc(/C(C)=N/NC(=O)c2cccnc2)cc1OC. The molecule has 0 radical (unpaired) electrons. The number of carbonyl (C=O) groups excluding carboxylic acids is 1. The number of hydrazone groups is 1. The summed E-state index contributed by atoms with van der Waals surface area (Å²) in [5.74, 6) is 0.930. The molecule has 0 atom stereocenters. The second-order valence-corrected chi connectivity index (χ2v) is 4.45. The van der Waals surface area contributed by atoms with Gasteiger partial charge in [0.25, 0.3) is 5.91 Å². The zero-order valence-corrected chi connectivity index (χ0v) is 12.7. The summed E-state index contributed by atoms with van der Waals surface area (Å²) >= 11 is 0.